The summed E-state index contributed by atoms with van der Waals surface area (Å²) in [6.07, 6.45) is 1.09. The van der Waals surface area contributed by atoms with E-state index in [1.165, 1.54) is 0 Å². The largest absolute Gasteiger partial charge is 0.292 e. The zero-order chi connectivity index (χ0) is 10.8. The molecule has 0 aromatic heterocycles. The van der Waals surface area contributed by atoms with Gasteiger partial charge in [0, 0.05) is 12.8 Å². The second kappa shape index (κ2) is 3.89. The normalized spacial score (nSPS) is 17.6. The minimum atomic E-state index is -3.91. The fourth-order valence-electron chi connectivity index (χ4n) is 0.928. The van der Waals surface area contributed by atoms with E-state index >= 15 is 0 Å². The molecule has 1 rings (SSSR count). The SMILES string of the molecule is C=CCS(=O)(=O)ON1C(=O)CCC1=O. The summed E-state index contributed by atoms with van der Waals surface area (Å²) < 4.78 is 26.4. The van der Waals surface area contributed by atoms with Crippen molar-refractivity contribution >= 4 is 21.9 Å². The van der Waals surface area contributed by atoms with Crippen LogP contribution in [0.5, 0.6) is 0 Å². The highest BCUT2D eigenvalue weighted by Crippen LogP contribution is 2.14. The molecule has 0 spiro atoms. The number of hydrogen-bond acceptors (Lipinski definition) is 5. The molecule has 7 heteroatoms. The molecule has 0 aromatic rings. The molecule has 0 atom stereocenters. The summed E-state index contributed by atoms with van der Waals surface area (Å²) in [6, 6.07) is 0. The Morgan fingerprint density at radius 1 is 1.36 bits per heavy atom. The van der Waals surface area contributed by atoms with Crippen LogP contribution in [0, 0.1) is 0 Å². The highest BCUT2D eigenvalue weighted by molar-refractivity contribution is 7.86. The van der Waals surface area contributed by atoms with Gasteiger partial charge < -0.3 is 0 Å². The van der Waals surface area contributed by atoms with Crippen LogP contribution in [0.3, 0.4) is 0 Å². The maximum atomic E-state index is 11.0. The molecule has 1 saturated heterocycles. The minimum Gasteiger partial charge on any atom is -0.272 e. The molecule has 1 aliphatic rings. The number of rotatable bonds is 4. The van der Waals surface area contributed by atoms with Crippen molar-refractivity contribution in [1.82, 2.24) is 5.06 Å². The number of carbonyl (C=O) groups is 2. The Bertz CT molecular complexity index is 356. The molecule has 0 unspecified atom stereocenters. The molecule has 0 aliphatic carbocycles. The van der Waals surface area contributed by atoms with E-state index < -0.39 is 27.7 Å². The van der Waals surface area contributed by atoms with Gasteiger partial charge >= 0.3 is 0 Å². The Labute approximate surface area is 81.2 Å². The van der Waals surface area contributed by atoms with Gasteiger partial charge in [0.15, 0.2) is 0 Å². The molecular formula is C7H9NO5S. The molecule has 0 radical (unpaired) electrons. The molecule has 0 saturated carbocycles. The average Bonchev–Trinajstić information content (AvgIpc) is 2.35. The van der Waals surface area contributed by atoms with Crippen molar-refractivity contribution in [3.8, 4) is 0 Å². The smallest absolute Gasteiger partial charge is 0.272 e. The number of hydrogen-bond donors (Lipinski definition) is 0. The lowest BCUT2D eigenvalue weighted by molar-refractivity contribution is -0.163. The summed E-state index contributed by atoms with van der Waals surface area (Å²) in [5.41, 5.74) is 0. The molecule has 0 aromatic carbocycles. The lowest BCUT2D eigenvalue weighted by Crippen LogP contribution is -2.32. The van der Waals surface area contributed by atoms with E-state index in [4.69, 9.17) is 0 Å². The fraction of sp³-hybridized carbons (Fsp3) is 0.429. The lowest BCUT2D eigenvalue weighted by Gasteiger charge is -2.11. The average molecular weight is 219 g/mol. The van der Waals surface area contributed by atoms with Crippen molar-refractivity contribution in [1.29, 1.82) is 0 Å². The van der Waals surface area contributed by atoms with E-state index in [1.807, 2.05) is 0 Å². The monoisotopic (exact) mass is 219 g/mol. The van der Waals surface area contributed by atoms with Gasteiger partial charge in [-0.2, -0.15) is 8.42 Å². The van der Waals surface area contributed by atoms with Crippen molar-refractivity contribution in [2.24, 2.45) is 0 Å². The van der Waals surface area contributed by atoms with Gasteiger partial charge in [-0.25, -0.2) is 0 Å². The zero-order valence-corrected chi connectivity index (χ0v) is 8.12. The molecule has 14 heavy (non-hydrogen) atoms. The van der Waals surface area contributed by atoms with Crippen LogP contribution in [0.15, 0.2) is 12.7 Å². The Kier molecular flexibility index (Phi) is 3.02. The summed E-state index contributed by atoms with van der Waals surface area (Å²) in [6.45, 7) is 3.21. The Morgan fingerprint density at radius 3 is 2.29 bits per heavy atom. The van der Waals surface area contributed by atoms with Crippen molar-refractivity contribution in [3.63, 3.8) is 0 Å². The maximum absolute atomic E-state index is 11.0. The Balaban J connectivity index is 2.73. The predicted molar refractivity (Wildman–Crippen MR) is 46.2 cm³/mol. The minimum absolute atomic E-state index is 0.0115. The molecule has 78 valence electrons. The van der Waals surface area contributed by atoms with Gasteiger partial charge in [-0.3, -0.25) is 9.59 Å². The van der Waals surface area contributed by atoms with Crippen LogP contribution in [0.4, 0.5) is 0 Å². The Morgan fingerprint density at radius 2 is 1.86 bits per heavy atom. The number of carbonyl (C=O) groups excluding carboxylic acids is 2. The topological polar surface area (TPSA) is 80.8 Å². The number of amides is 2. The van der Waals surface area contributed by atoms with Gasteiger partial charge in [-0.15, -0.1) is 15.9 Å². The quantitative estimate of drug-likeness (QED) is 0.474. The van der Waals surface area contributed by atoms with E-state index in [-0.39, 0.29) is 12.8 Å². The van der Waals surface area contributed by atoms with Crippen LogP contribution in [-0.4, -0.2) is 31.0 Å². The van der Waals surface area contributed by atoms with Gasteiger partial charge in [0.1, 0.15) is 0 Å². The van der Waals surface area contributed by atoms with E-state index in [1.54, 1.807) is 0 Å². The Hall–Kier alpha value is -1.21. The molecule has 1 heterocycles. The molecule has 6 nitrogen and oxygen atoms in total. The van der Waals surface area contributed by atoms with E-state index in [0.717, 1.165) is 6.08 Å². The van der Waals surface area contributed by atoms with E-state index in [2.05, 4.69) is 10.9 Å². The molecule has 1 aliphatic heterocycles. The third-order valence-electron chi connectivity index (χ3n) is 1.52. The maximum Gasteiger partial charge on any atom is 0.292 e. The van der Waals surface area contributed by atoms with Crippen molar-refractivity contribution in [2.45, 2.75) is 12.8 Å². The lowest BCUT2D eigenvalue weighted by atomic mass is 10.4. The van der Waals surface area contributed by atoms with Gasteiger partial charge in [0.25, 0.3) is 21.9 Å². The van der Waals surface area contributed by atoms with Gasteiger partial charge in [0.05, 0.1) is 5.75 Å². The first-order chi connectivity index (χ1) is 6.46. The van der Waals surface area contributed by atoms with Crippen molar-refractivity contribution < 1.29 is 22.3 Å². The summed E-state index contributed by atoms with van der Waals surface area (Å²) >= 11 is 0. The third-order valence-corrected chi connectivity index (χ3v) is 2.54. The van der Waals surface area contributed by atoms with Gasteiger partial charge in [-0.05, 0) is 0 Å². The second-order valence-electron chi connectivity index (χ2n) is 2.67. The van der Waals surface area contributed by atoms with Crippen molar-refractivity contribution in [2.75, 3.05) is 5.75 Å². The molecule has 0 N–H and O–H groups in total. The van der Waals surface area contributed by atoms with Gasteiger partial charge in [0.2, 0.25) is 0 Å². The van der Waals surface area contributed by atoms with Crippen LogP contribution in [0.1, 0.15) is 12.8 Å². The molecule has 1 fully saturated rings. The number of hydroxylamine groups is 2. The van der Waals surface area contributed by atoms with Crippen molar-refractivity contribution in [3.05, 3.63) is 12.7 Å². The van der Waals surface area contributed by atoms with E-state index in [0.29, 0.717) is 5.06 Å². The van der Waals surface area contributed by atoms with E-state index in [9.17, 15) is 18.0 Å². The third kappa shape index (κ3) is 2.39. The zero-order valence-electron chi connectivity index (χ0n) is 7.30. The fourth-order valence-corrected chi connectivity index (χ4v) is 1.67. The van der Waals surface area contributed by atoms with Crippen LogP contribution >= 0.6 is 0 Å². The number of nitrogens with zero attached hydrogens (tertiary/aromatic N) is 1. The van der Waals surface area contributed by atoms with Crippen LogP contribution in [-0.2, 0) is 24.0 Å². The van der Waals surface area contributed by atoms with Crippen LogP contribution in [0.2, 0.25) is 0 Å². The standard InChI is InChI=1S/C7H9NO5S/c1-2-5-14(11,12)13-8-6(9)3-4-7(8)10/h2H,1,3-5H2. The summed E-state index contributed by atoms with van der Waals surface area (Å²) in [7, 11) is -3.91. The first-order valence-corrected chi connectivity index (χ1v) is 5.43. The summed E-state index contributed by atoms with van der Waals surface area (Å²) in [5.74, 6) is -1.71. The predicted octanol–water partition coefficient (Wildman–Crippen LogP) is -0.417. The number of imide groups is 1. The van der Waals surface area contributed by atoms with Crippen LogP contribution in [0.25, 0.3) is 0 Å². The molecular weight excluding hydrogens is 210 g/mol. The first-order valence-electron chi connectivity index (χ1n) is 3.85. The molecule has 0 bridgehead atoms. The highest BCUT2D eigenvalue weighted by atomic mass is 32.2. The first kappa shape index (κ1) is 10.9. The highest BCUT2D eigenvalue weighted by Gasteiger charge is 2.33. The summed E-state index contributed by atoms with van der Waals surface area (Å²) in [4.78, 5) is 21.9. The molecule has 2 amide bonds. The second-order valence-corrected chi connectivity index (χ2v) is 4.27. The van der Waals surface area contributed by atoms with Gasteiger partial charge in [-0.1, -0.05) is 6.08 Å². The van der Waals surface area contributed by atoms with Crippen LogP contribution < -0.4 is 0 Å². The summed E-state index contributed by atoms with van der Waals surface area (Å²) in [5, 5.41) is 0.291.